The summed E-state index contributed by atoms with van der Waals surface area (Å²) >= 11 is 0. The van der Waals surface area contributed by atoms with E-state index >= 15 is 0 Å². The van der Waals surface area contributed by atoms with Gasteiger partial charge in [0, 0.05) is 11.6 Å². The molecule has 0 unspecified atom stereocenters. The van der Waals surface area contributed by atoms with E-state index in [0.29, 0.717) is 11.3 Å². The molecule has 1 N–H and O–H groups in total. The molecule has 0 fully saturated rings. The number of nitrogens with one attached hydrogen (secondary N) is 1. The van der Waals surface area contributed by atoms with E-state index in [1.807, 2.05) is 32.9 Å². The molecule has 0 spiro atoms. The molecule has 0 bridgehead atoms. The van der Waals surface area contributed by atoms with Crippen LogP contribution in [0.1, 0.15) is 42.3 Å². The van der Waals surface area contributed by atoms with E-state index in [-0.39, 0.29) is 24.7 Å². The monoisotopic (exact) mass is 409 g/mol. The molecule has 6 heteroatoms. The highest BCUT2D eigenvalue weighted by molar-refractivity contribution is 5.99. The lowest BCUT2D eigenvalue weighted by Crippen LogP contribution is -2.30. The molecule has 0 aliphatic heterocycles. The van der Waals surface area contributed by atoms with Crippen molar-refractivity contribution in [3.8, 4) is 5.75 Å². The Morgan fingerprint density at radius 1 is 0.967 bits per heavy atom. The van der Waals surface area contributed by atoms with Gasteiger partial charge in [0.2, 0.25) is 5.91 Å². The molecular formula is C24H27NO5. The van der Waals surface area contributed by atoms with Gasteiger partial charge in [-0.05, 0) is 62.2 Å². The van der Waals surface area contributed by atoms with Crippen molar-refractivity contribution in [3.05, 3.63) is 71.3 Å². The van der Waals surface area contributed by atoms with Crippen LogP contribution in [0.4, 0.5) is 0 Å². The zero-order valence-electron chi connectivity index (χ0n) is 17.7. The molecule has 30 heavy (non-hydrogen) atoms. The van der Waals surface area contributed by atoms with Crippen molar-refractivity contribution >= 4 is 23.7 Å². The first-order valence-electron chi connectivity index (χ1n) is 9.60. The number of carbonyl (C=O) groups is 3. The zero-order chi connectivity index (χ0) is 22.1. The van der Waals surface area contributed by atoms with Crippen LogP contribution < -0.4 is 10.1 Å². The summed E-state index contributed by atoms with van der Waals surface area (Å²) in [6.07, 6.45) is 3.19. The number of rotatable bonds is 8. The summed E-state index contributed by atoms with van der Waals surface area (Å²) in [6, 6.07) is 14.0. The number of methoxy groups -OCH3 is 1. The minimum absolute atomic E-state index is 0.0676. The molecule has 0 aromatic heterocycles. The van der Waals surface area contributed by atoms with Crippen LogP contribution in [0.5, 0.6) is 5.75 Å². The molecule has 0 aliphatic carbocycles. The highest BCUT2D eigenvalue weighted by Gasteiger charge is 2.14. The molecule has 0 heterocycles. The number of hydrogen-bond donors (Lipinski definition) is 1. The fraction of sp³-hybridized carbons (Fsp3) is 0.292. The predicted octanol–water partition coefficient (Wildman–Crippen LogP) is 3.59. The quantitative estimate of drug-likeness (QED) is 0.409. The molecule has 2 aromatic carbocycles. The van der Waals surface area contributed by atoms with Crippen LogP contribution in [0.3, 0.4) is 0 Å². The lowest BCUT2D eigenvalue weighted by molar-refractivity contribution is -0.148. The van der Waals surface area contributed by atoms with Crippen LogP contribution in [0.2, 0.25) is 0 Å². The number of Topliss-reactive ketones (excluding diaryl/α,β-unsaturated/α-hetero) is 1. The summed E-state index contributed by atoms with van der Waals surface area (Å²) in [5.41, 5.74) is 1.60. The number of benzene rings is 2. The second-order valence-electron chi connectivity index (χ2n) is 7.71. The predicted molar refractivity (Wildman–Crippen MR) is 115 cm³/mol. The summed E-state index contributed by atoms with van der Waals surface area (Å²) in [4.78, 5) is 36.0. The van der Waals surface area contributed by atoms with Gasteiger partial charge in [0.1, 0.15) is 11.4 Å². The lowest BCUT2D eigenvalue weighted by atomic mass is 10.1. The summed E-state index contributed by atoms with van der Waals surface area (Å²) < 4.78 is 10.3. The summed E-state index contributed by atoms with van der Waals surface area (Å²) in [5.74, 6) is -0.157. The lowest BCUT2D eigenvalue weighted by Gasteiger charge is -2.17. The van der Waals surface area contributed by atoms with E-state index in [2.05, 4.69) is 5.32 Å². The first-order chi connectivity index (χ1) is 14.2. The summed E-state index contributed by atoms with van der Waals surface area (Å²) in [5, 5.41) is 2.64. The zero-order valence-corrected chi connectivity index (χ0v) is 17.7. The first-order valence-corrected chi connectivity index (χ1v) is 9.60. The highest BCUT2D eigenvalue weighted by atomic mass is 16.6. The van der Waals surface area contributed by atoms with Gasteiger partial charge in [0.25, 0.3) is 0 Å². The van der Waals surface area contributed by atoms with Crippen LogP contribution in [0.25, 0.3) is 6.08 Å². The van der Waals surface area contributed by atoms with Gasteiger partial charge in [-0.15, -0.1) is 0 Å². The van der Waals surface area contributed by atoms with Crippen molar-refractivity contribution < 1.29 is 23.9 Å². The highest BCUT2D eigenvalue weighted by Crippen LogP contribution is 2.12. The second-order valence-corrected chi connectivity index (χ2v) is 7.71. The molecular weight excluding hydrogens is 382 g/mol. The van der Waals surface area contributed by atoms with Crippen LogP contribution in [0, 0.1) is 0 Å². The SMILES string of the molecule is COc1ccc(C(=O)CNC(=O)Cc2ccc(C=CC(=O)OC(C)(C)C)cc2)cc1. The summed E-state index contributed by atoms with van der Waals surface area (Å²) in [6.45, 7) is 5.36. The van der Waals surface area contributed by atoms with E-state index in [9.17, 15) is 14.4 Å². The van der Waals surface area contributed by atoms with E-state index in [4.69, 9.17) is 9.47 Å². The van der Waals surface area contributed by atoms with Crippen molar-refractivity contribution in [2.45, 2.75) is 32.8 Å². The normalized spacial score (nSPS) is 11.2. The van der Waals surface area contributed by atoms with Gasteiger partial charge in [0.05, 0.1) is 20.1 Å². The van der Waals surface area contributed by atoms with Crippen LogP contribution in [-0.2, 0) is 20.7 Å². The Labute approximate surface area is 176 Å². The molecule has 158 valence electrons. The third-order valence-corrected chi connectivity index (χ3v) is 4.02. The number of carbonyl (C=O) groups excluding carboxylic acids is 3. The maximum Gasteiger partial charge on any atom is 0.331 e. The molecule has 0 radical (unpaired) electrons. The van der Waals surface area contributed by atoms with Gasteiger partial charge in [0.15, 0.2) is 5.78 Å². The Balaban J connectivity index is 1.82. The number of ketones is 1. The Bertz CT molecular complexity index is 906. The molecule has 2 rings (SSSR count). The number of amides is 1. The average Bonchev–Trinajstić information content (AvgIpc) is 2.70. The van der Waals surface area contributed by atoms with Gasteiger partial charge in [-0.25, -0.2) is 4.79 Å². The molecule has 0 saturated heterocycles. The average molecular weight is 409 g/mol. The summed E-state index contributed by atoms with van der Waals surface area (Å²) in [7, 11) is 1.56. The Morgan fingerprint density at radius 2 is 1.60 bits per heavy atom. The van der Waals surface area contributed by atoms with Crippen LogP contribution >= 0.6 is 0 Å². The number of hydrogen-bond acceptors (Lipinski definition) is 5. The van der Waals surface area contributed by atoms with Gasteiger partial charge in [-0.3, -0.25) is 9.59 Å². The topological polar surface area (TPSA) is 81.7 Å². The van der Waals surface area contributed by atoms with Crippen LogP contribution in [-0.4, -0.2) is 36.9 Å². The van der Waals surface area contributed by atoms with Crippen molar-refractivity contribution in [2.75, 3.05) is 13.7 Å². The molecule has 0 saturated carbocycles. The third kappa shape index (κ3) is 7.91. The minimum atomic E-state index is -0.534. The fourth-order valence-corrected chi connectivity index (χ4v) is 2.55. The second kappa shape index (κ2) is 10.4. The van der Waals surface area contributed by atoms with E-state index in [1.165, 1.54) is 6.08 Å². The molecule has 1 amide bonds. The van der Waals surface area contributed by atoms with E-state index < -0.39 is 11.6 Å². The van der Waals surface area contributed by atoms with E-state index in [0.717, 1.165) is 11.1 Å². The van der Waals surface area contributed by atoms with Crippen molar-refractivity contribution in [2.24, 2.45) is 0 Å². The maximum absolute atomic E-state index is 12.2. The first kappa shape index (κ1) is 22.9. The van der Waals surface area contributed by atoms with Gasteiger partial charge >= 0.3 is 5.97 Å². The molecule has 2 aromatic rings. The van der Waals surface area contributed by atoms with Crippen molar-refractivity contribution in [1.29, 1.82) is 0 Å². The van der Waals surface area contributed by atoms with Gasteiger partial charge in [-0.1, -0.05) is 24.3 Å². The fourth-order valence-electron chi connectivity index (χ4n) is 2.55. The molecule has 0 atom stereocenters. The number of ether oxygens (including phenoxy) is 2. The Kier molecular flexibility index (Phi) is 7.92. The maximum atomic E-state index is 12.2. The Morgan fingerprint density at radius 3 is 2.17 bits per heavy atom. The number of esters is 1. The third-order valence-electron chi connectivity index (χ3n) is 4.02. The largest absolute Gasteiger partial charge is 0.497 e. The van der Waals surface area contributed by atoms with Crippen LogP contribution in [0.15, 0.2) is 54.6 Å². The molecule has 0 aliphatic rings. The van der Waals surface area contributed by atoms with Crippen molar-refractivity contribution in [1.82, 2.24) is 5.32 Å². The van der Waals surface area contributed by atoms with Gasteiger partial charge < -0.3 is 14.8 Å². The standard InChI is InChI=1S/C24H27NO5/c1-24(2,3)30-23(28)14-9-17-5-7-18(8-6-17)15-22(27)25-16-21(26)19-10-12-20(29-4)13-11-19/h5-14H,15-16H2,1-4H3,(H,25,27). The smallest absolute Gasteiger partial charge is 0.331 e. The Hall–Kier alpha value is -3.41. The minimum Gasteiger partial charge on any atom is -0.497 e. The van der Waals surface area contributed by atoms with Crippen molar-refractivity contribution in [3.63, 3.8) is 0 Å². The molecule has 6 nitrogen and oxygen atoms in total. The van der Waals surface area contributed by atoms with E-state index in [1.54, 1.807) is 49.6 Å². The van der Waals surface area contributed by atoms with Gasteiger partial charge in [-0.2, -0.15) is 0 Å².